The molecule has 0 saturated carbocycles. The van der Waals surface area contributed by atoms with E-state index in [4.69, 9.17) is 5.73 Å². The lowest BCUT2D eigenvalue weighted by molar-refractivity contribution is 0.592. The van der Waals surface area contributed by atoms with Crippen LogP contribution in [0.4, 0.5) is 5.95 Å². The van der Waals surface area contributed by atoms with Crippen molar-refractivity contribution in [2.75, 3.05) is 5.73 Å². The highest BCUT2D eigenvalue weighted by molar-refractivity contribution is 7.90. The van der Waals surface area contributed by atoms with Gasteiger partial charge in [-0.1, -0.05) is 30.3 Å². The molecule has 2 heterocycles. The number of hydrogen-bond acceptors (Lipinski definition) is 5. The maximum absolute atomic E-state index is 12.5. The molecule has 0 unspecified atom stereocenters. The second kappa shape index (κ2) is 4.61. The molecule has 0 bridgehead atoms. The number of fused-ring (bicyclic) bond motifs is 1. The second-order valence-electron chi connectivity index (χ2n) is 4.37. The largest absolute Gasteiger partial charge is 0.368 e. The lowest BCUT2D eigenvalue weighted by atomic mass is 10.2. The normalized spacial score (nSPS) is 11.8. The number of nitrogens with one attached hydrogen (secondary N) is 1. The average molecular weight is 288 g/mol. The van der Waals surface area contributed by atoms with Gasteiger partial charge in [0, 0.05) is 6.20 Å². The van der Waals surface area contributed by atoms with E-state index < -0.39 is 9.84 Å². The minimum Gasteiger partial charge on any atom is -0.368 e. The van der Waals surface area contributed by atoms with Gasteiger partial charge >= 0.3 is 0 Å². The minimum atomic E-state index is -3.58. The molecule has 3 N–H and O–H groups in total. The van der Waals surface area contributed by atoms with Crippen molar-refractivity contribution in [1.82, 2.24) is 15.0 Å². The number of H-pyrrole nitrogens is 1. The van der Waals surface area contributed by atoms with E-state index in [-0.39, 0.29) is 16.7 Å². The van der Waals surface area contributed by atoms with E-state index in [1.807, 2.05) is 6.07 Å². The molecule has 0 aliphatic rings. The van der Waals surface area contributed by atoms with Gasteiger partial charge in [0.05, 0.1) is 11.1 Å². The van der Waals surface area contributed by atoms with Crippen LogP contribution in [0.15, 0.2) is 47.6 Å². The van der Waals surface area contributed by atoms with E-state index >= 15 is 0 Å². The third-order valence-electron chi connectivity index (χ3n) is 2.89. The van der Waals surface area contributed by atoms with Crippen LogP contribution in [-0.2, 0) is 15.6 Å². The maximum Gasteiger partial charge on any atom is 0.223 e. The summed E-state index contributed by atoms with van der Waals surface area (Å²) in [7, 11) is -3.58. The third-order valence-corrected chi connectivity index (χ3v) is 4.51. The molecular formula is C13H12N4O2S. The van der Waals surface area contributed by atoms with Crippen molar-refractivity contribution < 1.29 is 8.42 Å². The summed E-state index contributed by atoms with van der Waals surface area (Å²) >= 11 is 0. The summed E-state index contributed by atoms with van der Waals surface area (Å²) < 4.78 is 25.0. The molecule has 0 amide bonds. The standard InChI is InChI=1S/C13H12N4O2S/c14-13-16-11-10(6-7-15-11)12(17-13)20(18,19)8-9-4-2-1-3-5-9/h1-7H,8H2,(H3,14,15,16,17). The molecular weight excluding hydrogens is 276 g/mol. The van der Waals surface area contributed by atoms with Gasteiger partial charge in [0.15, 0.2) is 5.03 Å². The molecule has 2 aromatic heterocycles. The van der Waals surface area contributed by atoms with E-state index in [1.165, 1.54) is 0 Å². The first-order valence-electron chi connectivity index (χ1n) is 5.93. The fourth-order valence-electron chi connectivity index (χ4n) is 2.03. The summed E-state index contributed by atoms with van der Waals surface area (Å²) in [5.74, 6) is -0.184. The van der Waals surface area contributed by atoms with Gasteiger partial charge in [0.1, 0.15) is 5.65 Å². The van der Waals surface area contributed by atoms with Crippen LogP contribution in [0.5, 0.6) is 0 Å². The van der Waals surface area contributed by atoms with Crippen LogP contribution < -0.4 is 5.73 Å². The fraction of sp³-hybridized carbons (Fsp3) is 0.0769. The van der Waals surface area contributed by atoms with Gasteiger partial charge in [0.2, 0.25) is 15.8 Å². The first kappa shape index (κ1) is 12.6. The number of aromatic nitrogens is 3. The molecule has 3 rings (SSSR count). The quantitative estimate of drug-likeness (QED) is 0.711. The molecule has 6 nitrogen and oxygen atoms in total. The van der Waals surface area contributed by atoms with Crippen molar-refractivity contribution in [3.63, 3.8) is 0 Å². The lowest BCUT2D eigenvalue weighted by Gasteiger charge is -2.06. The maximum atomic E-state index is 12.5. The zero-order valence-corrected chi connectivity index (χ0v) is 11.3. The summed E-state index contributed by atoms with van der Waals surface area (Å²) in [4.78, 5) is 10.7. The second-order valence-corrected chi connectivity index (χ2v) is 6.28. The van der Waals surface area contributed by atoms with Gasteiger partial charge in [-0.3, -0.25) is 0 Å². The first-order chi connectivity index (χ1) is 9.56. The van der Waals surface area contributed by atoms with E-state index in [0.717, 1.165) is 0 Å². The van der Waals surface area contributed by atoms with Crippen LogP contribution in [-0.4, -0.2) is 23.4 Å². The minimum absolute atomic E-state index is 0.0369. The van der Waals surface area contributed by atoms with E-state index in [2.05, 4.69) is 15.0 Å². The summed E-state index contributed by atoms with van der Waals surface area (Å²) in [5.41, 5.74) is 6.69. The molecule has 20 heavy (non-hydrogen) atoms. The third kappa shape index (κ3) is 2.23. The Labute approximate surface area is 115 Å². The Balaban J connectivity index is 2.12. The Bertz CT molecular complexity index is 856. The lowest BCUT2D eigenvalue weighted by Crippen LogP contribution is -2.10. The van der Waals surface area contributed by atoms with Gasteiger partial charge in [-0.15, -0.1) is 0 Å². The first-order valence-corrected chi connectivity index (χ1v) is 7.59. The topological polar surface area (TPSA) is 102 Å². The molecule has 1 aromatic carbocycles. The van der Waals surface area contributed by atoms with Crippen molar-refractivity contribution in [3.05, 3.63) is 48.2 Å². The van der Waals surface area contributed by atoms with Gasteiger partial charge in [-0.2, -0.15) is 4.98 Å². The number of nitrogens with zero attached hydrogens (tertiary/aromatic N) is 2. The Kier molecular flexibility index (Phi) is 2.90. The summed E-state index contributed by atoms with van der Waals surface area (Å²) in [6.45, 7) is 0. The summed E-state index contributed by atoms with van der Waals surface area (Å²) in [6, 6.07) is 10.6. The van der Waals surface area contributed by atoms with Crippen LogP contribution in [0.25, 0.3) is 11.0 Å². The molecule has 7 heteroatoms. The van der Waals surface area contributed by atoms with Gasteiger partial charge < -0.3 is 10.7 Å². The van der Waals surface area contributed by atoms with Crippen LogP contribution in [0.1, 0.15) is 5.56 Å². The Morgan fingerprint density at radius 3 is 2.60 bits per heavy atom. The van der Waals surface area contributed by atoms with E-state index in [0.29, 0.717) is 16.6 Å². The van der Waals surface area contributed by atoms with Crippen LogP contribution in [0.2, 0.25) is 0 Å². The molecule has 0 spiro atoms. The highest BCUT2D eigenvalue weighted by atomic mass is 32.2. The highest BCUT2D eigenvalue weighted by Crippen LogP contribution is 2.23. The van der Waals surface area contributed by atoms with Crippen molar-refractivity contribution in [2.24, 2.45) is 0 Å². The summed E-state index contributed by atoms with van der Waals surface area (Å²) in [6.07, 6.45) is 1.61. The molecule has 0 atom stereocenters. The van der Waals surface area contributed by atoms with Gasteiger partial charge in [-0.25, -0.2) is 13.4 Å². The Morgan fingerprint density at radius 2 is 1.85 bits per heavy atom. The average Bonchev–Trinajstić information content (AvgIpc) is 2.86. The van der Waals surface area contributed by atoms with Crippen molar-refractivity contribution in [3.8, 4) is 0 Å². The zero-order valence-electron chi connectivity index (χ0n) is 10.4. The monoisotopic (exact) mass is 288 g/mol. The number of benzene rings is 1. The molecule has 3 aromatic rings. The van der Waals surface area contributed by atoms with Gasteiger partial charge in [-0.05, 0) is 11.6 Å². The van der Waals surface area contributed by atoms with Crippen molar-refractivity contribution >= 4 is 26.8 Å². The number of nitrogen functional groups attached to an aromatic ring is 1. The molecule has 0 saturated heterocycles. The zero-order chi connectivity index (χ0) is 14.2. The molecule has 0 aliphatic carbocycles. The number of anilines is 1. The van der Waals surface area contributed by atoms with E-state index in [1.54, 1.807) is 36.5 Å². The highest BCUT2D eigenvalue weighted by Gasteiger charge is 2.22. The van der Waals surface area contributed by atoms with Crippen molar-refractivity contribution in [1.29, 1.82) is 0 Å². The fourth-order valence-corrected chi connectivity index (χ4v) is 3.53. The molecule has 0 aliphatic heterocycles. The SMILES string of the molecule is Nc1nc(S(=O)(=O)Cc2ccccc2)c2cc[nH]c2n1. The predicted molar refractivity (Wildman–Crippen MR) is 75.6 cm³/mol. The van der Waals surface area contributed by atoms with Crippen LogP contribution in [0, 0.1) is 0 Å². The smallest absolute Gasteiger partial charge is 0.223 e. The van der Waals surface area contributed by atoms with Crippen LogP contribution >= 0.6 is 0 Å². The van der Waals surface area contributed by atoms with Gasteiger partial charge in [0.25, 0.3) is 0 Å². The number of hydrogen-bond donors (Lipinski definition) is 2. The number of aromatic amines is 1. The molecule has 0 radical (unpaired) electrons. The molecule has 0 fully saturated rings. The number of rotatable bonds is 3. The van der Waals surface area contributed by atoms with Crippen molar-refractivity contribution in [2.45, 2.75) is 10.8 Å². The molecule has 102 valence electrons. The number of sulfone groups is 1. The van der Waals surface area contributed by atoms with Crippen LogP contribution in [0.3, 0.4) is 0 Å². The summed E-state index contributed by atoms with van der Waals surface area (Å²) in [5, 5.41) is 0.417. The van der Waals surface area contributed by atoms with E-state index in [9.17, 15) is 8.42 Å². The Morgan fingerprint density at radius 1 is 1.10 bits per heavy atom. The predicted octanol–water partition coefficient (Wildman–Crippen LogP) is 1.51. The Hall–Kier alpha value is -2.41. The number of nitrogens with two attached hydrogens (primary N) is 1.